The van der Waals surface area contributed by atoms with Crippen molar-refractivity contribution in [2.75, 3.05) is 32.1 Å². The van der Waals surface area contributed by atoms with Gasteiger partial charge in [-0.1, -0.05) is 0 Å². The quantitative estimate of drug-likeness (QED) is 0.834. The van der Waals surface area contributed by atoms with Crippen LogP contribution in [0.3, 0.4) is 0 Å². The summed E-state index contributed by atoms with van der Waals surface area (Å²) in [6, 6.07) is 4.19. The lowest BCUT2D eigenvalue weighted by Gasteiger charge is -2.32. The van der Waals surface area contributed by atoms with Crippen molar-refractivity contribution >= 4 is 5.82 Å². The maximum atomic E-state index is 9.03. The molecule has 0 amide bonds. The van der Waals surface area contributed by atoms with E-state index >= 15 is 0 Å². The maximum Gasteiger partial charge on any atom is 0.125 e. The summed E-state index contributed by atoms with van der Waals surface area (Å²) < 4.78 is 0. The molecule has 0 bridgehead atoms. The molecular formula is C14H23N3O. The molecule has 0 radical (unpaired) electrons. The highest BCUT2D eigenvalue weighted by atomic mass is 16.3. The molecule has 1 unspecified atom stereocenters. The van der Waals surface area contributed by atoms with E-state index in [9.17, 15) is 0 Å². The van der Waals surface area contributed by atoms with E-state index in [1.54, 1.807) is 0 Å². The minimum absolute atomic E-state index is 0.317. The number of rotatable bonds is 5. The Morgan fingerprint density at radius 1 is 1.56 bits per heavy atom. The van der Waals surface area contributed by atoms with Crippen LogP contribution < -0.4 is 5.32 Å². The molecule has 0 aliphatic carbocycles. The van der Waals surface area contributed by atoms with Crippen LogP contribution in [-0.2, 0) is 6.54 Å². The largest absolute Gasteiger partial charge is 0.396 e. The summed E-state index contributed by atoms with van der Waals surface area (Å²) in [5.41, 5.74) is 1.30. The molecule has 1 atom stereocenters. The van der Waals surface area contributed by atoms with Gasteiger partial charge in [0.05, 0.1) is 0 Å². The first kappa shape index (κ1) is 13.3. The molecule has 4 heteroatoms. The summed E-state index contributed by atoms with van der Waals surface area (Å²) in [7, 11) is 1.89. The highest BCUT2D eigenvalue weighted by Crippen LogP contribution is 2.21. The van der Waals surface area contributed by atoms with Crippen LogP contribution in [0.25, 0.3) is 0 Å². The standard InChI is InChI=1S/C14H23N3O/c1-15-14-9-13(4-6-16-14)11-17-7-2-3-12(10-17)5-8-18/h4,6,9,12,18H,2-3,5,7-8,10-11H2,1H3,(H,15,16). The molecule has 2 rings (SSSR count). The Labute approximate surface area is 109 Å². The molecule has 0 spiro atoms. The zero-order valence-electron chi connectivity index (χ0n) is 11.1. The number of piperidine rings is 1. The van der Waals surface area contributed by atoms with E-state index in [1.807, 2.05) is 13.2 Å². The zero-order valence-corrected chi connectivity index (χ0v) is 11.1. The van der Waals surface area contributed by atoms with E-state index in [4.69, 9.17) is 5.11 Å². The number of aliphatic hydroxyl groups is 1. The number of nitrogens with zero attached hydrogens (tertiary/aromatic N) is 2. The molecule has 2 heterocycles. The van der Waals surface area contributed by atoms with Crippen molar-refractivity contribution in [3.8, 4) is 0 Å². The summed E-state index contributed by atoms with van der Waals surface area (Å²) in [6.07, 6.45) is 5.30. The minimum atomic E-state index is 0.317. The first-order valence-electron chi connectivity index (χ1n) is 6.77. The van der Waals surface area contributed by atoms with Crippen LogP contribution in [0.4, 0.5) is 5.82 Å². The average Bonchev–Trinajstić information content (AvgIpc) is 2.40. The summed E-state index contributed by atoms with van der Waals surface area (Å²) in [5, 5.41) is 12.1. The lowest BCUT2D eigenvalue weighted by atomic mass is 9.95. The molecule has 2 N–H and O–H groups in total. The van der Waals surface area contributed by atoms with Gasteiger partial charge in [0.15, 0.2) is 0 Å². The number of aliphatic hydroxyl groups excluding tert-OH is 1. The fourth-order valence-corrected chi connectivity index (χ4v) is 2.68. The van der Waals surface area contributed by atoms with Crippen LogP contribution >= 0.6 is 0 Å². The Bertz CT molecular complexity index is 368. The van der Waals surface area contributed by atoms with Crippen LogP contribution in [0.5, 0.6) is 0 Å². The van der Waals surface area contributed by atoms with Gasteiger partial charge in [-0.05, 0) is 49.4 Å². The number of likely N-dealkylation sites (tertiary alicyclic amines) is 1. The predicted molar refractivity (Wildman–Crippen MR) is 73.5 cm³/mol. The Balaban J connectivity index is 1.91. The third kappa shape index (κ3) is 3.68. The number of pyridine rings is 1. The third-order valence-electron chi connectivity index (χ3n) is 3.63. The highest BCUT2D eigenvalue weighted by Gasteiger charge is 2.19. The van der Waals surface area contributed by atoms with E-state index in [2.05, 4.69) is 27.3 Å². The van der Waals surface area contributed by atoms with Crippen LogP contribution in [0.15, 0.2) is 18.3 Å². The Hall–Kier alpha value is -1.13. The number of hydrogen-bond acceptors (Lipinski definition) is 4. The second kappa shape index (κ2) is 6.71. The van der Waals surface area contributed by atoms with E-state index in [1.165, 1.54) is 24.9 Å². The average molecular weight is 249 g/mol. The highest BCUT2D eigenvalue weighted by molar-refractivity contribution is 5.36. The Kier molecular flexibility index (Phi) is 4.96. The first-order chi connectivity index (χ1) is 8.81. The predicted octanol–water partition coefficient (Wildman–Crippen LogP) is 1.72. The van der Waals surface area contributed by atoms with Crippen molar-refractivity contribution in [2.45, 2.75) is 25.8 Å². The molecule has 0 saturated carbocycles. The second-order valence-electron chi connectivity index (χ2n) is 5.05. The molecule has 100 valence electrons. The molecule has 18 heavy (non-hydrogen) atoms. The molecule has 4 nitrogen and oxygen atoms in total. The molecule has 1 aromatic heterocycles. The third-order valence-corrected chi connectivity index (χ3v) is 3.63. The SMILES string of the molecule is CNc1cc(CN2CCCC(CCO)C2)ccn1. The lowest BCUT2D eigenvalue weighted by molar-refractivity contribution is 0.142. The molecule has 1 aliphatic rings. The molecule has 1 fully saturated rings. The topological polar surface area (TPSA) is 48.4 Å². The summed E-state index contributed by atoms with van der Waals surface area (Å²) in [5.74, 6) is 1.59. The van der Waals surface area contributed by atoms with Crippen LogP contribution in [0, 0.1) is 5.92 Å². The maximum absolute atomic E-state index is 9.03. The van der Waals surface area contributed by atoms with E-state index in [0.29, 0.717) is 12.5 Å². The Morgan fingerprint density at radius 2 is 2.44 bits per heavy atom. The Morgan fingerprint density at radius 3 is 3.22 bits per heavy atom. The van der Waals surface area contributed by atoms with Gasteiger partial charge in [-0.15, -0.1) is 0 Å². The van der Waals surface area contributed by atoms with Gasteiger partial charge in [-0.25, -0.2) is 4.98 Å². The fourth-order valence-electron chi connectivity index (χ4n) is 2.68. The van der Waals surface area contributed by atoms with Crippen molar-refractivity contribution in [1.29, 1.82) is 0 Å². The van der Waals surface area contributed by atoms with Crippen LogP contribution in [0.2, 0.25) is 0 Å². The van der Waals surface area contributed by atoms with Gasteiger partial charge in [-0.2, -0.15) is 0 Å². The molecule has 1 aliphatic heterocycles. The summed E-state index contributed by atoms with van der Waals surface area (Å²) in [4.78, 5) is 6.72. The minimum Gasteiger partial charge on any atom is -0.396 e. The van der Waals surface area contributed by atoms with Gasteiger partial charge in [0.1, 0.15) is 5.82 Å². The van der Waals surface area contributed by atoms with Gasteiger partial charge in [0.25, 0.3) is 0 Å². The summed E-state index contributed by atoms with van der Waals surface area (Å²) in [6.45, 7) is 3.58. The molecule has 1 aromatic rings. The molecule has 0 aromatic carbocycles. The van der Waals surface area contributed by atoms with Gasteiger partial charge >= 0.3 is 0 Å². The van der Waals surface area contributed by atoms with E-state index in [0.717, 1.165) is 25.3 Å². The van der Waals surface area contributed by atoms with Crippen LogP contribution in [0.1, 0.15) is 24.8 Å². The number of aromatic nitrogens is 1. The smallest absolute Gasteiger partial charge is 0.125 e. The van der Waals surface area contributed by atoms with Crippen molar-refractivity contribution in [2.24, 2.45) is 5.92 Å². The number of hydrogen-bond donors (Lipinski definition) is 2. The van der Waals surface area contributed by atoms with Crippen molar-refractivity contribution in [3.63, 3.8) is 0 Å². The lowest BCUT2D eigenvalue weighted by Crippen LogP contribution is -2.35. The number of nitrogens with one attached hydrogen (secondary N) is 1. The van der Waals surface area contributed by atoms with Crippen LogP contribution in [-0.4, -0.2) is 41.7 Å². The van der Waals surface area contributed by atoms with Gasteiger partial charge in [0.2, 0.25) is 0 Å². The summed E-state index contributed by atoms with van der Waals surface area (Å²) >= 11 is 0. The van der Waals surface area contributed by atoms with Crippen molar-refractivity contribution in [1.82, 2.24) is 9.88 Å². The number of anilines is 1. The molecular weight excluding hydrogens is 226 g/mol. The molecule has 1 saturated heterocycles. The zero-order chi connectivity index (χ0) is 12.8. The normalized spacial score (nSPS) is 20.9. The van der Waals surface area contributed by atoms with Crippen molar-refractivity contribution in [3.05, 3.63) is 23.9 Å². The second-order valence-corrected chi connectivity index (χ2v) is 5.05. The van der Waals surface area contributed by atoms with E-state index in [-0.39, 0.29) is 0 Å². The monoisotopic (exact) mass is 249 g/mol. The van der Waals surface area contributed by atoms with Crippen molar-refractivity contribution < 1.29 is 5.11 Å². The van der Waals surface area contributed by atoms with Gasteiger partial charge in [-0.3, -0.25) is 4.90 Å². The van der Waals surface area contributed by atoms with Gasteiger partial charge in [0, 0.05) is 32.9 Å². The first-order valence-corrected chi connectivity index (χ1v) is 6.77. The fraction of sp³-hybridized carbons (Fsp3) is 0.643. The van der Waals surface area contributed by atoms with E-state index < -0.39 is 0 Å². The van der Waals surface area contributed by atoms with Gasteiger partial charge < -0.3 is 10.4 Å².